The standard InChI is InChI=1S/C33H30N6O5/c1-42-24-12-8-21(9-13-24)19-39-31-29(30(37-39)35-23-5-4-18-38(20-23)33(40)41)28(16-17-34-31)43-25-14-10-22(11-15-25)32-36-26-6-2-3-7-27(26)44-32/h2-3,6-17,23H,4-5,18-20H2,1H3,(H,35,37)(H,40,41)/t23-/m1/s1. The van der Waals surface area contributed by atoms with Crippen LogP contribution in [-0.2, 0) is 6.54 Å². The van der Waals surface area contributed by atoms with Gasteiger partial charge in [0.05, 0.1) is 13.7 Å². The Kier molecular flexibility index (Phi) is 7.19. The van der Waals surface area contributed by atoms with E-state index < -0.39 is 6.09 Å². The largest absolute Gasteiger partial charge is 0.497 e. The third kappa shape index (κ3) is 5.47. The number of likely N-dealkylation sites (tertiary alicyclic amines) is 1. The molecule has 1 saturated heterocycles. The molecule has 6 aromatic rings. The molecule has 0 unspecified atom stereocenters. The number of methoxy groups -OCH3 is 1. The van der Waals surface area contributed by atoms with Crippen LogP contribution in [-0.4, -0.2) is 62.1 Å². The Hall–Kier alpha value is -5.58. The molecular formula is C33H30N6O5. The number of nitrogens with one attached hydrogen (secondary N) is 1. The molecule has 1 amide bonds. The number of pyridine rings is 1. The fourth-order valence-corrected chi connectivity index (χ4v) is 5.52. The summed E-state index contributed by atoms with van der Waals surface area (Å²) in [6.45, 7) is 1.37. The predicted octanol–water partition coefficient (Wildman–Crippen LogP) is 6.64. The quantitative estimate of drug-likeness (QED) is 0.200. The highest BCUT2D eigenvalue weighted by Crippen LogP contribution is 2.36. The molecule has 0 spiro atoms. The first-order valence-corrected chi connectivity index (χ1v) is 14.4. The number of amides is 1. The highest BCUT2D eigenvalue weighted by atomic mass is 16.5. The van der Waals surface area contributed by atoms with Crippen molar-refractivity contribution in [1.29, 1.82) is 0 Å². The smallest absolute Gasteiger partial charge is 0.407 e. The van der Waals surface area contributed by atoms with E-state index in [4.69, 9.17) is 19.0 Å². The zero-order valence-corrected chi connectivity index (χ0v) is 24.0. The minimum Gasteiger partial charge on any atom is -0.497 e. The van der Waals surface area contributed by atoms with Crippen LogP contribution in [0.3, 0.4) is 0 Å². The van der Waals surface area contributed by atoms with Crippen LogP contribution in [0.2, 0.25) is 0 Å². The number of carbonyl (C=O) groups is 1. The molecule has 1 fully saturated rings. The number of hydrogen-bond acceptors (Lipinski definition) is 8. The topological polar surface area (TPSA) is 128 Å². The van der Waals surface area contributed by atoms with Crippen molar-refractivity contribution in [2.45, 2.75) is 25.4 Å². The van der Waals surface area contributed by atoms with Crippen LogP contribution in [0.25, 0.3) is 33.6 Å². The molecule has 1 aliphatic rings. The summed E-state index contributed by atoms with van der Waals surface area (Å²) in [5.41, 5.74) is 4.05. The number of hydrogen-bond donors (Lipinski definition) is 2. The van der Waals surface area contributed by atoms with Gasteiger partial charge < -0.3 is 29.2 Å². The molecule has 0 aliphatic carbocycles. The molecule has 3 aromatic carbocycles. The first-order valence-electron chi connectivity index (χ1n) is 14.4. The van der Waals surface area contributed by atoms with Gasteiger partial charge in [-0.3, -0.25) is 0 Å². The number of piperidine rings is 1. The maximum Gasteiger partial charge on any atom is 0.407 e. The Morgan fingerprint density at radius 3 is 2.61 bits per heavy atom. The fraction of sp³-hybridized carbons (Fsp3) is 0.212. The summed E-state index contributed by atoms with van der Waals surface area (Å²) in [6, 6.07) is 24.7. The summed E-state index contributed by atoms with van der Waals surface area (Å²) in [4.78, 5) is 22.4. The van der Waals surface area contributed by atoms with Crippen molar-refractivity contribution in [2.24, 2.45) is 0 Å². The van der Waals surface area contributed by atoms with E-state index in [1.165, 1.54) is 4.90 Å². The lowest BCUT2D eigenvalue weighted by molar-refractivity contribution is 0.133. The molecular weight excluding hydrogens is 560 g/mol. The van der Waals surface area contributed by atoms with Crippen molar-refractivity contribution < 1.29 is 23.8 Å². The van der Waals surface area contributed by atoms with Gasteiger partial charge in [0.15, 0.2) is 17.0 Å². The van der Waals surface area contributed by atoms with Gasteiger partial charge in [-0.25, -0.2) is 19.4 Å². The summed E-state index contributed by atoms with van der Waals surface area (Å²) in [5, 5.41) is 18.7. The summed E-state index contributed by atoms with van der Waals surface area (Å²) >= 11 is 0. The van der Waals surface area contributed by atoms with Crippen LogP contribution in [0.4, 0.5) is 10.6 Å². The maximum absolute atomic E-state index is 11.7. The molecule has 44 heavy (non-hydrogen) atoms. The van der Waals surface area contributed by atoms with Gasteiger partial charge in [0.25, 0.3) is 0 Å². The second-order valence-electron chi connectivity index (χ2n) is 10.7. The van der Waals surface area contributed by atoms with Gasteiger partial charge in [0.2, 0.25) is 5.89 Å². The van der Waals surface area contributed by atoms with Crippen LogP contribution in [0.15, 0.2) is 89.5 Å². The number of aromatic nitrogens is 4. The van der Waals surface area contributed by atoms with Crippen molar-refractivity contribution >= 4 is 34.0 Å². The Bertz CT molecular complexity index is 1900. The molecule has 1 aliphatic heterocycles. The third-order valence-corrected chi connectivity index (χ3v) is 7.74. The van der Waals surface area contributed by atoms with Gasteiger partial charge >= 0.3 is 6.09 Å². The van der Waals surface area contributed by atoms with Crippen molar-refractivity contribution in [3.05, 3.63) is 90.6 Å². The fourth-order valence-electron chi connectivity index (χ4n) is 5.52. The number of fused-ring (bicyclic) bond motifs is 2. The minimum atomic E-state index is -0.918. The first-order chi connectivity index (χ1) is 21.5. The average Bonchev–Trinajstić information content (AvgIpc) is 3.64. The maximum atomic E-state index is 11.7. The highest BCUT2D eigenvalue weighted by Gasteiger charge is 2.26. The molecule has 11 heteroatoms. The van der Waals surface area contributed by atoms with Crippen molar-refractivity contribution in [2.75, 3.05) is 25.5 Å². The number of para-hydroxylation sites is 2. The number of benzene rings is 3. The van der Waals surface area contributed by atoms with E-state index in [0.29, 0.717) is 48.5 Å². The highest BCUT2D eigenvalue weighted by molar-refractivity contribution is 5.93. The number of anilines is 1. The molecule has 3 aromatic heterocycles. The molecule has 7 rings (SSSR count). The monoisotopic (exact) mass is 590 g/mol. The summed E-state index contributed by atoms with van der Waals surface area (Å²) in [7, 11) is 1.64. The number of rotatable bonds is 8. The van der Waals surface area contributed by atoms with E-state index in [-0.39, 0.29) is 6.04 Å². The van der Waals surface area contributed by atoms with Gasteiger partial charge in [0.1, 0.15) is 28.2 Å². The van der Waals surface area contributed by atoms with Gasteiger partial charge in [-0.05, 0) is 66.9 Å². The molecule has 222 valence electrons. The number of ether oxygens (including phenoxy) is 2. The Morgan fingerprint density at radius 1 is 1.05 bits per heavy atom. The molecule has 11 nitrogen and oxygen atoms in total. The lowest BCUT2D eigenvalue weighted by atomic mass is 10.1. The van der Waals surface area contributed by atoms with E-state index in [9.17, 15) is 9.90 Å². The van der Waals surface area contributed by atoms with Crippen molar-refractivity contribution in [3.63, 3.8) is 0 Å². The Balaban J connectivity index is 1.21. The van der Waals surface area contributed by atoms with Gasteiger partial charge in [0, 0.05) is 37.0 Å². The zero-order chi connectivity index (χ0) is 30.0. The normalized spacial score (nSPS) is 15.0. The second kappa shape index (κ2) is 11.6. The van der Waals surface area contributed by atoms with Gasteiger partial charge in [-0.15, -0.1) is 0 Å². The lowest BCUT2D eigenvalue weighted by Gasteiger charge is -2.31. The van der Waals surface area contributed by atoms with Crippen LogP contribution in [0, 0.1) is 0 Å². The van der Waals surface area contributed by atoms with Crippen LogP contribution >= 0.6 is 0 Å². The molecule has 2 N–H and O–H groups in total. The van der Waals surface area contributed by atoms with E-state index >= 15 is 0 Å². The van der Waals surface area contributed by atoms with Gasteiger partial charge in [-0.1, -0.05) is 24.3 Å². The molecule has 4 heterocycles. The molecule has 0 radical (unpaired) electrons. The van der Waals surface area contributed by atoms with E-state index in [2.05, 4.69) is 15.3 Å². The Labute approximate surface area is 252 Å². The van der Waals surface area contributed by atoms with E-state index in [1.54, 1.807) is 13.3 Å². The van der Waals surface area contributed by atoms with E-state index in [0.717, 1.165) is 46.2 Å². The second-order valence-corrected chi connectivity index (χ2v) is 10.7. The number of nitrogens with zero attached hydrogens (tertiary/aromatic N) is 5. The molecule has 1 atom stereocenters. The minimum absolute atomic E-state index is 0.101. The summed E-state index contributed by atoms with van der Waals surface area (Å²) in [6.07, 6.45) is 2.37. The van der Waals surface area contributed by atoms with Crippen LogP contribution in [0.1, 0.15) is 18.4 Å². The Morgan fingerprint density at radius 2 is 1.84 bits per heavy atom. The summed E-state index contributed by atoms with van der Waals surface area (Å²) < 4.78 is 19.5. The van der Waals surface area contributed by atoms with Gasteiger partial charge in [-0.2, -0.15) is 5.10 Å². The number of carboxylic acid groups (broad SMARTS) is 1. The van der Waals surface area contributed by atoms with Crippen molar-refractivity contribution in [3.8, 4) is 28.7 Å². The zero-order valence-electron chi connectivity index (χ0n) is 24.0. The number of oxazole rings is 1. The SMILES string of the molecule is COc1ccc(Cn2nc(N[C@@H]3CCCN(C(=O)O)C3)c3c(Oc4ccc(-c5nc6ccccc6o5)cc4)ccnc32)cc1. The predicted molar refractivity (Wildman–Crippen MR) is 165 cm³/mol. The van der Waals surface area contributed by atoms with Crippen LogP contribution in [0.5, 0.6) is 17.2 Å². The lowest BCUT2D eigenvalue weighted by Crippen LogP contribution is -2.44. The van der Waals surface area contributed by atoms with Crippen LogP contribution < -0.4 is 14.8 Å². The average molecular weight is 591 g/mol. The van der Waals surface area contributed by atoms with E-state index in [1.807, 2.05) is 83.5 Å². The third-order valence-electron chi connectivity index (χ3n) is 7.74. The molecule has 0 saturated carbocycles. The molecule has 0 bridgehead atoms. The first kappa shape index (κ1) is 27.3. The van der Waals surface area contributed by atoms with Crippen molar-refractivity contribution in [1.82, 2.24) is 24.6 Å². The summed E-state index contributed by atoms with van der Waals surface area (Å²) in [5.74, 6) is 3.12.